The van der Waals surface area contributed by atoms with Gasteiger partial charge in [0.15, 0.2) is 0 Å². The van der Waals surface area contributed by atoms with Crippen LogP contribution < -0.4 is 36.6 Å². The summed E-state index contributed by atoms with van der Waals surface area (Å²) in [6.45, 7) is 5.65. The highest BCUT2D eigenvalue weighted by molar-refractivity contribution is 6.13. The van der Waals surface area contributed by atoms with Crippen LogP contribution in [0.1, 0.15) is 84.2 Å². The number of primary amides is 1. The third-order valence-corrected chi connectivity index (χ3v) is 13.2. The predicted molar refractivity (Wildman–Crippen MR) is 268 cm³/mol. The number of unbranched alkanes of at least 4 members (excludes halogenated alkanes) is 2. The summed E-state index contributed by atoms with van der Waals surface area (Å²) in [5.74, 6) is -1.75. The van der Waals surface area contributed by atoms with Gasteiger partial charge in [-0.1, -0.05) is 37.6 Å². The van der Waals surface area contributed by atoms with Gasteiger partial charge in [-0.25, -0.2) is 9.59 Å². The van der Waals surface area contributed by atoms with Gasteiger partial charge < -0.3 is 51.4 Å². The molecule has 0 saturated carbocycles. The molecular weight excluding hydrogens is 909 g/mol. The molecule has 370 valence electrons. The van der Waals surface area contributed by atoms with Crippen LogP contribution in [-0.4, -0.2) is 126 Å². The van der Waals surface area contributed by atoms with Gasteiger partial charge in [0.05, 0.1) is 5.69 Å². The molecule has 1 fully saturated rings. The minimum Gasteiger partial charge on any atom is -0.409 e. The summed E-state index contributed by atoms with van der Waals surface area (Å²) in [7, 11) is 2.02. The van der Waals surface area contributed by atoms with E-state index in [1.807, 2.05) is 37.4 Å². The molecule has 9 amide bonds. The quantitative estimate of drug-likeness (QED) is 0.0453. The van der Waals surface area contributed by atoms with Crippen molar-refractivity contribution in [2.24, 2.45) is 5.73 Å². The van der Waals surface area contributed by atoms with Crippen molar-refractivity contribution in [3.63, 3.8) is 0 Å². The second kappa shape index (κ2) is 22.1. The van der Waals surface area contributed by atoms with Crippen LogP contribution in [0.15, 0.2) is 91.0 Å². The molecule has 3 aliphatic heterocycles. The van der Waals surface area contributed by atoms with E-state index in [0.717, 1.165) is 40.7 Å². The highest BCUT2D eigenvalue weighted by Gasteiger charge is 2.36. The van der Waals surface area contributed by atoms with Crippen molar-refractivity contribution in [1.29, 1.82) is 0 Å². The molecule has 1 saturated heterocycles. The standard InChI is InChI=1S/C52H58N10O9/c1-3-32-31-62(42-30-43(37-10-6-7-11-38(37)47(32)42)71-52(70)60-26-24-59(2)25-27-60)50(68)41-29-34-28-36(18-19-39(34)57-41)56-48(66)33-14-16-35(17-15-33)55-49(67)40(12-9-22-54-51(53)69)58-44(63)13-5-4-8-23-61-45(64)20-21-46(61)65/h6-7,10-11,14-21,28-30,32,40,57H,3-5,8-9,12-13,22-27,31H2,1-2H3,(H,55,67)(H,56,66)(H,58,63)(H3,53,54,69)/t32-,40+/m1/s1. The van der Waals surface area contributed by atoms with Gasteiger partial charge in [-0.05, 0) is 98.6 Å². The Balaban J connectivity index is 0.888. The summed E-state index contributed by atoms with van der Waals surface area (Å²) < 4.78 is 6.08. The largest absolute Gasteiger partial charge is 0.415 e. The summed E-state index contributed by atoms with van der Waals surface area (Å²) in [5.41, 5.74) is 9.16. The molecule has 3 aliphatic rings. The van der Waals surface area contributed by atoms with Gasteiger partial charge in [0.25, 0.3) is 23.6 Å². The molecule has 5 aromatic rings. The van der Waals surface area contributed by atoms with E-state index in [4.69, 9.17) is 10.5 Å². The normalized spacial score (nSPS) is 16.0. The number of nitrogens with zero attached hydrogens (tertiary/aromatic N) is 4. The fourth-order valence-corrected chi connectivity index (χ4v) is 9.22. The number of ether oxygens (including phenoxy) is 1. The fourth-order valence-electron chi connectivity index (χ4n) is 9.22. The first kappa shape index (κ1) is 49.4. The Kier molecular flexibility index (Phi) is 15.4. The summed E-state index contributed by atoms with van der Waals surface area (Å²) in [4.78, 5) is 112. The first-order valence-corrected chi connectivity index (χ1v) is 24.0. The fraction of sp³-hybridized carbons (Fsp3) is 0.346. The van der Waals surface area contributed by atoms with Crippen molar-refractivity contribution in [3.05, 3.63) is 108 Å². The van der Waals surface area contributed by atoms with Crippen molar-refractivity contribution in [2.45, 2.75) is 63.8 Å². The number of nitrogens with two attached hydrogens (primary N) is 1. The van der Waals surface area contributed by atoms with Crippen LogP contribution in [0.5, 0.6) is 5.75 Å². The lowest BCUT2D eigenvalue weighted by atomic mass is 9.93. The Morgan fingerprint density at radius 2 is 1.54 bits per heavy atom. The number of fused-ring (bicyclic) bond motifs is 4. The van der Waals surface area contributed by atoms with Crippen molar-refractivity contribution < 1.29 is 43.1 Å². The van der Waals surface area contributed by atoms with E-state index >= 15 is 0 Å². The Hall–Kier alpha value is -8.06. The maximum atomic E-state index is 14.4. The number of amides is 9. The predicted octanol–water partition coefficient (Wildman–Crippen LogP) is 5.83. The van der Waals surface area contributed by atoms with Crippen LogP contribution in [-0.2, 0) is 19.2 Å². The molecular formula is C52H58N10O9. The number of nitrogens with one attached hydrogen (secondary N) is 5. The number of piperazine rings is 1. The third-order valence-electron chi connectivity index (χ3n) is 13.2. The van der Waals surface area contributed by atoms with Gasteiger partial charge >= 0.3 is 12.1 Å². The summed E-state index contributed by atoms with van der Waals surface area (Å²) in [6, 6.07) is 21.3. The van der Waals surface area contributed by atoms with Crippen LogP contribution in [0.25, 0.3) is 21.7 Å². The van der Waals surface area contributed by atoms with Gasteiger partial charge in [-0.3, -0.25) is 33.7 Å². The Morgan fingerprint density at radius 1 is 0.817 bits per heavy atom. The Morgan fingerprint density at radius 3 is 2.25 bits per heavy atom. The first-order valence-electron chi connectivity index (χ1n) is 24.0. The molecule has 1 aromatic heterocycles. The van der Waals surface area contributed by atoms with E-state index in [9.17, 15) is 38.4 Å². The Labute approximate surface area is 410 Å². The van der Waals surface area contributed by atoms with E-state index < -0.39 is 30.0 Å². The van der Waals surface area contributed by atoms with Crippen molar-refractivity contribution in [3.8, 4) is 5.75 Å². The van der Waals surface area contributed by atoms with Crippen molar-refractivity contribution in [2.75, 3.05) is 68.4 Å². The van der Waals surface area contributed by atoms with Gasteiger partial charge in [-0.15, -0.1) is 0 Å². The monoisotopic (exact) mass is 966 g/mol. The zero-order valence-corrected chi connectivity index (χ0v) is 39.8. The van der Waals surface area contributed by atoms with Crippen molar-refractivity contribution in [1.82, 2.24) is 30.3 Å². The maximum absolute atomic E-state index is 14.4. The van der Waals surface area contributed by atoms with Gasteiger partial charge in [0.1, 0.15) is 17.5 Å². The summed E-state index contributed by atoms with van der Waals surface area (Å²) >= 11 is 0. The molecule has 0 bridgehead atoms. The second-order valence-corrected chi connectivity index (χ2v) is 18.1. The number of rotatable bonds is 18. The van der Waals surface area contributed by atoms with Crippen LogP contribution in [0, 0.1) is 0 Å². The number of anilines is 3. The number of likely N-dealkylation sites (N-methyl/N-ethyl adjacent to an activating group) is 1. The smallest absolute Gasteiger partial charge is 0.409 e. The minimum absolute atomic E-state index is 0.0622. The zero-order chi connectivity index (χ0) is 50.2. The molecule has 19 heteroatoms. The molecule has 8 rings (SSSR count). The van der Waals surface area contributed by atoms with E-state index in [0.29, 0.717) is 90.3 Å². The molecule has 4 heterocycles. The number of urea groups is 1. The number of benzene rings is 4. The molecule has 0 radical (unpaired) electrons. The molecule has 7 N–H and O–H groups in total. The lowest BCUT2D eigenvalue weighted by Crippen LogP contribution is -2.48. The molecule has 4 aromatic carbocycles. The summed E-state index contributed by atoms with van der Waals surface area (Å²) in [6.07, 6.45) is 5.09. The number of aromatic amines is 1. The van der Waals surface area contributed by atoms with Crippen molar-refractivity contribution >= 4 is 86.3 Å². The molecule has 71 heavy (non-hydrogen) atoms. The minimum atomic E-state index is -0.943. The highest BCUT2D eigenvalue weighted by Crippen LogP contribution is 2.47. The maximum Gasteiger partial charge on any atom is 0.415 e. The lowest BCUT2D eigenvalue weighted by Gasteiger charge is -2.31. The molecule has 2 atom stereocenters. The number of hydrogen-bond acceptors (Lipinski definition) is 10. The van der Waals surface area contributed by atoms with Gasteiger partial charge in [0.2, 0.25) is 11.8 Å². The molecule has 0 spiro atoms. The average molecular weight is 967 g/mol. The van der Waals surface area contributed by atoms with Crippen LogP contribution in [0.3, 0.4) is 0 Å². The summed E-state index contributed by atoms with van der Waals surface area (Å²) in [5, 5.41) is 13.4. The van der Waals surface area contributed by atoms with Crippen LogP contribution >= 0.6 is 0 Å². The molecule has 19 nitrogen and oxygen atoms in total. The SMILES string of the molecule is CC[C@@H]1CN(C(=O)c2cc3cc(NC(=O)c4ccc(NC(=O)[C@H](CCCNC(N)=O)NC(=O)CCCCCN5C(=O)C=CC5=O)cc4)ccc3[nH]2)c2cc(OC(=O)N3CCN(C)CC3)c3ccccc3c21. The number of carbonyl (C=O) groups is 8. The zero-order valence-electron chi connectivity index (χ0n) is 39.8. The van der Waals surface area contributed by atoms with E-state index in [2.05, 4.69) is 38.1 Å². The number of H-pyrrole nitrogens is 1. The Bertz CT molecular complexity index is 2890. The van der Waals surface area contributed by atoms with E-state index in [-0.39, 0.29) is 55.5 Å². The average Bonchev–Trinajstić information content (AvgIpc) is 4.06. The number of aromatic nitrogens is 1. The van der Waals surface area contributed by atoms with Gasteiger partial charge in [-0.2, -0.15) is 0 Å². The number of imide groups is 1. The lowest BCUT2D eigenvalue weighted by molar-refractivity contribution is -0.137. The molecule has 0 unspecified atom stereocenters. The molecule has 0 aliphatic carbocycles. The van der Waals surface area contributed by atoms with Crippen LogP contribution in [0.4, 0.5) is 26.7 Å². The van der Waals surface area contributed by atoms with E-state index in [1.54, 1.807) is 58.3 Å². The second-order valence-electron chi connectivity index (χ2n) is 18.1. The van der Waals surface area contributed by atoms with Crippen LogP contribution in [0.2, 0.25) is 0 Å². The third kappa shape index (κ3) is 11.7. The highest BCUT2D eigenvalue weighted by atomic mass is 16.6. The first-order chi connectivity index (χ1) is 34.3. The number of carbonyl (C=O) groups excluding carboxylic acids is 8. The van der Waals surface area contributed by atoms with Gasteiger partial charge in [0, 0.05) is 110 Å². The topological polar surface area (TPSA) is 249 Å². The number of hydrogen-bond donors (Lipinski definition) is 6. The van der Waals surface area contributed by atoms with E-state index in [1.165, 1.54) is 12.2 Å².